The first-order valence-electron chi connectivity index (χ1n) is 12.1. The summed E-state index contributed by atoms with van der Waals surface area (Å²) in [4.78, 5) is 58.4. The van der Waals surface area contributed by atoms with E-state index in [-0.39, 0.29) is 13.2 Å². The fraction of sp³-hybridized carbons (Fsp3) is 0.792. The van der Waals surface area contributed by atoms with Crippen molar-refractivity contribution < 1.29 is 48.4 Å². The molecular weight excluding hydrogens is 448 g/mol. The van der Waals surface area contributed by atoms with E-state index in [2.05, 4.69) is 11.7 Å². The minimum atomic E-state index is -2.67. The van der Waals surface area contributed by atoms with Crippen molar-refractivity contribution in [2.75, 3.05) is 13.2 Å². The van der Waals surface area contributed by atoms with Crippen LogP contribution in [0.15, 0.2) is 0 Å². The van der Waals surface area contributed by atoms with Crippen LogP contribution in [-0.2, 0) is 38.2 Å². The lowest BCUT2D eigenvalue weighted by Gasteiger charge is -2.23. The Balaban J connectivity index is 4.49. The molecule has 0 heterocycles. The van der Waals surface area contributed by atoms with Crippen LogP contribution in [0.5, 0.6) is 0 Å². The van der Waals surface area contributed by atoms with Gasteiger partial charge in [0.15, 0.2) is 5.60 Å². The summed E-state index contributed by atoms with van der Waals surface area (Å²) in [5.74, 6) is -5.91. The molecule has 0 saturated heterocycles. The third-order valence-corrected chi connectivity index (χ3v) is 5.07. The normalized spacial score (nSPS) is 12.4. The molecule has 0 radical (unpaired) electrons. The molecule has 0 bridgehead atoms. The summed E-state index contributed by atoms with van der Waals surface area (Å²) in [6.07, 6.45) is 8.05. The summed E-state index contributed by atoms with van der Waals surface area (Å²) in [6, 6.07) is 0. The summed E-state index contributed by atoms with van der Waals surface area (Å²) in [5.41, 5.74) is -2.67. The molecule has 0 aliphatic carbocycles. The molecule has 1 atom stereocenters. The quantitative estimate of drug-likeness (QED) is 0.113. The molecule has 0 aliphatic rings. The van der Waals surface area contributed by atoms with Crippen molar-refractivity contribution in [1.82, 2.24) is 0 Å². The number of carboxylic acids is 1. The van der Waals surface area contributed by atoms with E-state index < -0.39 is 61.1 Å². The number of rotatable bonds is 20. The number of esters is 4. The maximum Gasteiger partial charge on any atom is 0.346 e. The predicted octanol–water partition coefficient (Wildman–Crippen LogP) is 3.46. The SMILES string of the molecule is CCCCCCCCCCCCOC(=O)CC(O)(CC(=O)OCC)C(=O)OC(=O)CCC(=O)O. The lowest BCUT2D eigenvalue weighted by Crippen LogP contribution is -2.45. The number of unbranched alkanes of at least 4 members (excludes halogenated alkanes) is 9. The molecule has 0 amide bonds. The smallest absolute Gasteiger partial charge is 0.346 e. The van der Waals surface area contributed by atoms with Gasteiger partial charge in [0.1, 0.15) is 0 Å². The number of carbonyl (C=O) groups is 5. The minimum Gasteiger partial charge on any atom is -0.481 e. The highest BCUT2D eigenvalue weighted by Crippen LogP contribution is 2.21. The monoisotopic (exact) mass is 488 g/mol. The van der Waals surface area contributed by atoms with Gasteiger partial charge in [-0.05, 0) is 13.3 Å². The highest BCUT2D eigenvalue weighted by atomic mass is 16.6. The summed E-state index contributed by atoms with van der Waals surface area (Å²) in [6.45, 7) is 3.78. The highest BCUT2D eigenvalue weighted by molar-refractivity contribution is 5.96. The second-order valence-electron chi connectivity index (χ2n) is 8.25. The van der Waals surface area contributed by atoms with E-state index in [1.54, 1.807) is 0 Å². The molecule has 0 aliphatic heterocycles. The fourth-order valence-electron chi connectivity index (χ4n) is 3.18. The number of hydrogen-bond acceptors (Lipinski definition) is 9. The van der Waals surface area contributed by atoms with Gasteiger partial charge in [0.05, 0.1) is 38.9 Å². The van der Waals surface area contributed by atoms with Crippen molar-refractivity contribution >= 4 is 29.8 Å². The molecule has 34 heavy (non-hydrogen) atoms. The highest BCUT2D eigenvalue weighted by Gasteiger charge is 2.44. The average molecular weight is 489 g/mol. The predicted molar refractivity (Wildman–Crippen MR) is 122 cm³/mol. The van der Waals surface area contributed by atoms with Gasteiger partial charge in [-0.1, -0.05) is 64.7 Å². The maximum atomic E-state index is 12.3. The molecule has 0 aromatic carbocycles. The van der Waals surface area contributed by atoms with Crippen molar-refractivity contribution in [2.45, 2.75) is 109 Å². The van der Waals surface area contributed by atoms with E-state index in [1.165, 1.54) is 45.4 Å². The van der Waals surface area contributed by atoms with Crippen LogP contribution in [0.25, 0.3) is 0 Å². The van der Waals surface area contributed by atoms with E-state index in [1.807, 2.05) is 0 Å². The zero-order valence-corrected chi connectivity index (χ0v) is 20.5. The standard InChI is InChI=1S/C24H40O10/c1-3-5-6-7-8-9-10-11-12-13-16-33-22(29)18-24(31,17-21(28)32-4-2)23(30)34-20(27)15-14-19(25)26/h31H,3-18H2,1-2H3,(H,25,26). The van der Waals surface area contributed by atoms with Crippen LogP contribution in [0.2, 0.25) is 0 Å². The van der Waals surface area contributed by atoms with Crippen molar-refractivity contribution in [3.05, 3.63) is 0 Å². The van der Waals surface area contributed by atoms with Gasteiger partial charge >= 0.3 is 29.8 Å². The van der Waals surface area contributed by atoms with Crippen LogP contribution >= 0.6 is 0 Å². The Morgan fingerprint density at radius 2 is 1.18 bits per heavy atom. The topological polar surface area (TPSA) is 154 Å². The molecule has 0 rings (SSSR count). The maximum absolute atomic E-state index is 12.3. The Morgan fingerprint density at radius 3 is 1.68 bits per heavy atom. The molecule has 0 saturated carbocycles. The Kier molecular flexibility index (Phi) is 17.5. The minimum absolute atomic E-state index is 0.0231. The zero-order chi connectivity index (χ0) is 25.8. The molecule has 0 fully saturated rings. The second kappa shape index (κ2) is 18.9. The molecule has 0 aromatic heterocycles. The van der Waals surface area contributed by atoms with Crippen LogP contribution in [0.3, 0.4) is 0 Å². The van der Waals surface area contributed by atoms with Crippen LogP contribution in [0.4, 0.5) is 0 Å². The van der Waals surface area contributed by atoms with E-state index in [0.29, 0.717) is 6.42 Å². The molecule has 0 aromatic rings. The second-order valence-corrected chi connectivity index (χ2v) is 8.25. The number of hydrogen-bond donors (Lipinski definition) is 2. The Morgan fingerprint density at radius 1 is 0.676 bits per heavy atom. The van der Waals surface area contributed by atoms with Crippen LogP contribution in [0.1, 0.15) is 104 Å². The van der Waals surface area contributed by atoms with Gasteiger partial charge in [0.25, 0.3) is 0 Å². The number of ether oxygens (including phenoxy) is 3. The lowest BCUT2D eigenvalue weighted by atomic mass is 9.95. The Labute approximate surface area is 201 Å². The number of aliphatic hydroxyl groups is 1. The molecule has 1 unspecified atom stereocenters. The zero-order valence-electron chi connectivity index (χ0n) is 20.5. The molecule has 10 heteroatoms. The summed E-state index contributed by atoms with van der Waals surface area (Å²) < 4.78 is 14.2. The van der Waals surface area contributed by atoms with Crippen molar-refractivity contribution in [2.24, 2.45) is 0 Å². The van der Waals surface area contributed by atoms with Crippen molar-refractivity contribution in [3.63, 3.8) is 0 Å². The third-order valence-electron chi connectivity index (χ3n) is 5.07. The van der Waals surface area contributed by atoms with Crippen LogP contribution in [0, 0.1) is 0 Å². The Bertz CT molecular complexity index is 646. The van der Waals surface area contributed by atoms with Gasteiger partial charge in [-0.25, -0.2) is 4.79 Å². The van der Waals surface area contributed by atoms with Gasteiger partial charge in [-0.2, -0.15) is 0 Å². The first-order valence-corrected chi connectivity index (χ1v) is 12.1. The van der Waals surface area contributed by atoms with E-state index >= 15 is 0 Å². The number of carboxylic acid groups (broad SMARTS) is 1. The van der Waals surface area contributed by atoms with Gasteiger partial charge in [-0.15, -0.1) is 0 Å². The fourth-order valence-corrected chi connectivity index (χ4v) is 3.18. The van der Waals surface area contributed by atoms with Gasteiger partial charge in [0, 0.05) is 0 Å². The Hall–Kier alpha value is -2.49. The molecule has 2 N–H and O–H groups in total. The van der Waals surface area contributed by atoms with Crippen molar-refractivity contribution in [3.8, 4) is 0 Å². The van der Waals surface area contributed by atoms with Gasteiger partial charge in [-0.3, -0.25) is 19.2 Å². The summed E-state index contributed by atoms with van der Waals surface area (Å²) in [5, 5.41) is 19.2. The van der Waals surface area contributed by atoms with E-state index in [0.717, 1.165) is 19.3 Å². The van der Waals surface area contributed by atoms with Gasteiger partial charge in [0.2, 0.25) is 0 Å². The first kappa shape index (κ1) is 31.5. The molecule has 10 nitrogen and oxygen atoms in total. The van der Waals surface area contributed by atoms with Gasteiger partial charge < -0.3 is 24.4 Å². The molecular formula is C24H40O10. The number of aliphatic carboxylic acids is 1. The van der Waals surface area contributed by atoms with E-state index in [4.69, 9.17) is 14.6 Å². The average Bonchev–Trinajstić information content (AvgIpc) is 2.76. The molecule has 0 spiro atoms. The van der Waals surface area contributed by atoms with Crippen molar-refractivity contribution in [1.29, 1.82) is 0 Å². The summed E-state index contributed by atoms with van der Waals surface area (Å²) >= 11 is 0. The lowest BCUT2D eigenvalue weighted by molar-refractivity contribution is -0.183. The van der Waals surface area contributed by atoms with Crippen LogP contribution < -0.4 is 0 Å². The van der Waals surface area contributed by atoms with E-state index in [9.17, 15) is 29.1 Å². The molecule has 196 valence electrons. The van der Waals surface area contributed by atoms with Crippen LogP contribution in [-0.4, -0.2) is 58.9 Å². The largest absolute Gasteiger partial charge is 0.481 e. The number of carbonyl (C=O) groups excluding carboxylic acids is 4. The summed E-state index contributed by atoms with van der Waals surface area (Å²) in [7, 11) is 0. The third kappa shape index (κ3) is 16.2. The first-order chi connectivity index (χ1) is 16.1.